The van der Waals surface area contributed by atoms with Gasteiger partial charge in [0.25, 0.3) is 10.0 Å². The number of hydrogen-bond acceptors (Lipinski definition) is 8. The lowest BCUT2D eigenvalue weighted by molar-refractivity contribution is -0.119. The molecule has 254 valence electrons. The Morgan fingerprint density at radius 3 is 2.21 bits per heavy atom. The van der Waals surface area contributed by atoms with Gasteiger partial charge in [0, 0.05) is 36.8 Å². The highest BCUT2D eigenvalue weighted by Crippen LogP contribution is 2.39. The second kappa shape index (κ2) is 15.1. The average Bonchev–Trinajstić information content (AvgIpc) is 3.72. The zero-order valence-electron chi connectivity index (χ0n) is 27.6. The predicted molar refractivity (Wildman–Crippen MR) is 181 cm³/mol. The summed E-state index contributed by atoms with van der Waals surface area (Å²) >= 11 is 0. The molecule has 5 rings (SSSR count). The van der Waals surface area contributed by atoms with E-state index < -0.39 is 28.0 Å². The predicted octanol–water partition coefficient (Wildman–Crippen LogP) is 5.19. The molecule has 0 saturated carbocycles. The molecular weight excluding hydrogens is 632 g/mol. The molecule has 48 heavy (non-hydrogen) atoms. The molecule has 10 nitrogen and oxygen atoms in total. The first-order chi connectivity index (χ1) is 23.0. The maximum absolute atomic E-state index is 12.9. The molecule has 0 unspecified atom stereocenters. The highest BCUT2D eigenvalue weighted by molar-refractivity contribution is 7.90. The highest BCUT2D eigenvalue weighted by atomic mass is 32.2. The molecule has 1 heterocycles. The molecule has 0 aliphatic heterocycles. The van der Waals surface area contributed by atoms with Crippen molar-refractivity contribution in [1.82, 2.24) is 9.29 Å². The summed E-state index contributed by atoms with van der Waals surface area (Å²) in [4.78, 5) is 24.5. The van der Waals surface area contributed by atoms with Crippen LogP contribution in [0.2, 0.25) is 0 Å². The topological polar surface area (TPSA) is 133 Å². The van der Waals surface area contributed by atoms with E-state index in [1.807, 2.05) is 42.1 Å². The third-order valence-electron chi connectivity index (χ3n) is 9.06. The summed E-state index contributed by atoms with van der Waals surface area (Å²) < 4.78 is 45.8. The van der Waals surface area contributed by atoms with Crippen LogP contribution in [0.1, 0.15) is 57.1 Å². The number of nitrogens with one attached hydrogen (secondary N) is 1. The first-order valence-electron chi connectivity index (χ1n) is 15.9. The Morgan fingerprint density at radius 1 is 0.958 bits per heavy atom. The number of amides is 1. The van der Waals surface area contributed by atoms with Gasteiger partial charge < -0.3 is 23.9 Å². The van der Waals surface area contributed by atoms with Crippen molar-refractivity contribution in [3.63, 3.8) is 0 Å². The molecule has 0 saturated heterocycles. The Balaban J connectivity index is 1.29. The summed E-state index contributed by atoms with van der Waals surface area (Å²) in [7, 11) is 0.0662. The number of sulfonamides is 1. The standard InChI is InChI=1S/C37H42N2O8S/c1-24-32(45-2)20-29(21-33(24)46-3)36(41)30(19-26-17-27-9-5-6-10-28(27)18-26)23-39-16-15-25(22-39)13-14-35(40)38-48(43,44)34-12-8-7-11-31(34)37(42)47-4/h5-12,15-16,20-22,26,30,36,41H,13-14,17-19,23H2,1-4H3,(H,38,40)/t30-,36+/m0/s1. The number of aromatic nitrogens is 1. The van der Waals surface area contributed by atoms with E-state index >= 15 is 0 Å². The lowest BCUT2D eigenvalue weighted by atomic mass is 9.85. The lowest BCUT2D eigenvalue weighted by Crippen LogP contribution is -2.31. The third-order valence-corrected chi connectivity index (χ3v) is 10.5. The molecule has 0 fully saturated rings. The summed E-state index contributed by atoms with van der Waals surface area (Å²) in [5.41, 5.74) is 4.97. The Bertz CT molecular complexity index is 1830. The molecule has 1 aliphatic rings. The van der Waals surface area contributed by atoms with Crippen LogP contribution in [0.15, 0.2) is 84.0 Å². The molecule has 2 N–H and O–H groups in total. The maximum Gasteiger partial charge on any atom is 0.339 e. The van der Waals surface area contributed by atoms with Crippen LogP contribution < -0.4 is 14.2 Å². The lowest BCUT2D eigenvalue weighted by Gasteiger charge is -2.27. The van der Waals surface area contributed by atoms with Gasteiger partial charge in [-0.2, -0.15) is 0 Å². The molecule has 3 aromatic carbocycles. The van der Waals surface area contributed by atoms with Gasteiger partial charge in [0.15, 0.2) is 0 Å². The van der Waals surface area contributed by atoms with Crippen LogP contribution in [0.25, 0.3) is 0 Å². The number of aliphatic hydroxyl groups excluding tert-OH is 1. The number of hydrogen-bond donors (Lipinski definition) is 2. The van der Waals surface area contributed by atoms with Crippen LogP contribution in [-0.4, -0.2) is 51.3 Å². The van der Waals surface area contributed by atoms with E-state index in [9.17, 15) is 23.1 Å². The SMILES string of the molecule is COC(=O)c1ccccc1S(=O)(=O)NC(=O)CCc1ccn(C[C@H](CC2Cc3ccccc3C2)[C@H](O)c2cc(OC)c(C)c(OC)c2)c1. The molecule has 11 heteroatoms. The van der Waals surface area contributed by atoms with Gasteiger partial charge in [0.1, 0.15) is 16.4 Å². The van der Waals surface area contributed by atoms with E-state index in [0.29, 0.717) is 35.9 Å². The summed E-state index contributed by atoms with van der Waals surface area (Å²) in [6.07, 6.45) is 5.95. The Hall–Kier alpha value is -4.61. The summed E-state index contributed by atoms with van der Waals surface area (Å²) in [5.74, 6) is 0.0110. The normalized spacial score (nSPS) is 14.2. The first-order valence-corrected chi connectivity index (χ1v) is 17.4. The quantitative estimate of drug-likeness (QED) is 0.175. The molecule has 0 spiro atoms. The van der Waals surface area contributed by atoms with E-state index in [2.05, 4.69) is 33.7 Å². The van der Waals surface area contributed by atoms with Crippen molar-refractivity contribution >= 4 is 21.9 Å². The number of carbonyl (C=O) groups excluding carboxylic acids is 2. The Labute approximate surface area is 281 Å². The molecule has 2 atom stereocenters. The minimum absolute atomic E-state index is 0.0843. The van der Waals surface area contributed by atoms with Crippen molar-refractivity contribution < 1.29 is 37.3 Å². The fourth-order valence-electron chi connectivity index (χ4n) is 6.61. The van der Waals surface area contributed by atoms with Gasteiger partial charge >= 0.3 is 5.97 Å². The molecule has 1 aromatic heterocycles. The van der Waals surface area contributed by atoms with Crippen molar-refractivity contribution in [2.24, 2.45) is 11.8 Å². The third kappa shape index (κ3) is 7.91. The number of carbonyl (C=O) groups is 2. The zero-order chi connectivity index (χ0) is 34.4. The van der Waals surface area contributed by atoms with Crippen LogP contribution >= 0.6 is 0 Å². The van der Waals surface area contributed by atoms with Gasteiger partial charge in [0.2, 0.25) is 5.91 Å². The van der Waals surface area contributed by atoms with Gasteiger partial charge in [-0.1, -0.05) is 36.4 Å². The van der Waals surface area contributed by atoms with Gasteiger partial charge in [-0.25, -0.2) is 17.9 Å². The number of aliphatic hydroxyl groups is 1. The van der Waals surface area contributed by atoms with Crippen LogP contribution in [0, 0.1) is 18.8 Å². The summed E-state index contributed by atoms with van der Waals surface area (Å²) in [6, 6.07) is 19.7. The molecule has 1 aliphatic carbocycles. The second-order valence-corrected chi connectivity index (χ2v) is 13.9. The van der Waals surface area contributed by atoms with E-state index in [1.165, 1.54) is 35.4 Å². The van der Waals surface area contributed by atoms with Crippen molar-refractivity contribution in [2.75, 3.05) is 21.3 Å². The van der Waals surface area contributed by atoms with E-state index in [4.69, 9.17) is 9.47 Å². The molecular formula is C37H42N2O8S. The fraction of sp³-hybridized carbons (Fsp3) is 0.351. The largest absolute Gasteiger partial charge is 0.496 e. The van der Waals surface area contributed by atoms with Gasteiger partial charge in [0.05, 0.1) is 33.0 Å². The van der Waals surface area contributed by atoms with Crippen LogP contribution in [0.4, 0.5) is 0 Å². The minimum Gasteiger partial charge on any atom is -0.496 e. The molecule has 0 radical (unpaired) electrons. The average molecular weight is 675 g/mol. The molecule has 1 amide bonds. The molecule has 4 aromatic rings. The summed E-state index contributed by atoms with van der Waals surface area (Å²) in [5, 5.41) is 11.8. The number of nitrogens with zero attached hydrogens (tertiary/aromatic N) is 1. The summed E-state index contributed by atoms with van der Waals surface area (Å²) in [6.45, 7) is 2.44. The number of methoxy groups -OCH3 is 3. The smallest absolute Gasteiger partial charge is 0.339 e. The number of esters is 1. The first kappa shape index (κ1) is 34.7. The zero-order valence-corrected chi connectivity index (χ0v) is 28.5. The van der Waals surface area contributed by atoms with Crippen molar-refractivity contribution in [3.05, 3.63) is 113 Å². The van der Waals surface area contributed by atoms with Crippen molar-refractivity contribution in [1.29, 1.82) is 0 Å². The number of rotatable bonds is 14. The van der Waals surface area contributed by atoms with Crippen LogP contribution in [0.3, 0.4) is 0 Å². The monoisotopic (exact) mass is 674 g/mol. The van der Waals surface area contributed by atoms with Gasteiger partial charge in [-0.15, -0.1) is 0 Å². The van der Waals surface area contributed by atoms with Crippen LogP contribution in [0.5, 0.6) is 11.5 Å². The molecule has 0 bridgehead atoms. The van der Waals surface area contributed by atoms with Gasteiger partial charge in [-0.05, 0) is 91.1 Å². The minimum atomic E-state index is -4.29. The maximum atomic E-state index is 12.9. The highest BCUT2D eigenvalue weighted by Gasteiger charge is 2.30. The number of aryl methyl sites for hydroxylation is 1. The number of fused-ring (bicyclic) bond motifs is 1. The second-order valence-electron chi connectivity index (χ2n) is 12.3. The van der Waals surface area contributed by atoms with Gasteiger partial charge in [-0.3, -0.25) is 4.79 Å². The number of ether oxygens (including phenoxy) is 3. The Kier molecular flexibility index (Phi) is 10.9. The van der Waals surface area contributed by atoms with Crippen molar-refractivity contribution in [2.45, 2.75) is 56.6 Å². The van der Waals surface area contributed by atoms with E-state index in [0.717, 1.165) is 37.5 Å². The van der Waals surface area contributed by atoms with Crippen LogP contribution in [-0.2, 0) is 45.4 Å². The fourth-order valence-corrected chi connectivity index (χ4v) is 7.82. The van der Waals surface area contributed by atoms with Crippen molar-refractivity contribution in [3.8, 4) is 11.5 Å². The number of benzene rings is 3. The van der Waals surface area contributed by atoms with E-state index in [1.54, 1.807) is 14.2 Å². The van der Waals surface area contributed by atoms with E-state index in [-0.39, 0.29) is 22.8 Å². The Morgan fingerprint density at radius 2 is 1.58 bits per heavy atom.